The van der Waals surface area contributed by atoms with Crippen LogP contribution in [-0.2, 0) is 11.3 Å². The van der Waals surface area contributed by atoms with Crippen molar-refractivity contribution in [3.8, 4) is 28.4 Å². The molecule has 1 aliphatic heterocycles. The highest BCUT2D eigenvalue weighted by Gasteiger charge is 2.30. The number of halogens is 1. The van der Waals surface area contributed by atoms with Gasteiger partial charge in [0.05, 0.1) is 19.8 Å². The molecule has 0 spiro atoms. The van der Waals surface area contributed by atoms with E-state index in [9.17, 15) is 9.18 Å². The quantitative estimate of drug-likeness (QED) is 0.706. The molecule has 0 aliphatic carbocycles. The van der Waals surface area contributed by atoms with E-state index in [2.05, 4.69) is 0 Å². The van der Waals surface area contributed by atoms with Gasteiger partial charge in [-0.3, -0.25) is 0 Å². The minimum absolute atomic E-state index is 0.221. The minimum atomic E-state index is -1.56. The molecule has 2 aromatic carbocycles. The van der Waals surface area contributed by atoms with Gasteiger partial charge in [0, 0.05) is 16.5 Å². The largest absolute Gasteiger partial charge is 0.493 e. The zero-order chi connectivity index (χ0) is 19.8. The molecule has 144 valence electrons. The monoisotopic (exact) mass is 374 g/mol. The summed E-state index contributed by atoms with van der Waals surface area (Å²) in [5.41, 5.74) is 2.01. The Balaban J connectivity index is 2.13. The Morgan fingerprint density at radius 1 is 1.04 bits per heavy atom. The number of methoxy groups -OCH3 is 2. The molecule has 0 bridgehead atoms. The maximum absolute atomic E-state index is 14.7. The number of carbonyl (C=O) groups excluding carboxylic acids is 1. The van der Waals surface area contributed by atoms with Gasteiger partial charge in [-0.05, 0) is 29.8 Å². The second-order valence-corrected chi connectivity index (χ2v) is 7.43. The van der Waals surface area contributed by atoms with E-state index >= 15 is 0 Å². The summed E-state index contributed by atoms with van der Waals surface area (Å²) in [7, 11) is 2.99. The van der Waals surface area contributed by atoms with E-state index in [1.807, 2.05) is 6.07 Å². The van der Waals surface area contributed by atoms with Crippen molar-refractivity contribution >= 4 is 5.97 Å². The smallest absolute Gasteiger partial charge is 0.338 e. The van der Waals surface area contributed by atoms with E-state index in [0.29, 0.717) is 22.6 Å². The Morgan fingerprint density at radius 3 is 2.37 bits per heavy atom. The van der Waals surface area contributed by atoms with Crippen molar-refractivity contribution in [3.63, 3.8) is 0 Å². The normalized spacial score (nSPS) is 14.4. The lowest BCUT2D eigenvalue weighted by atomic mass is 9.96. The van der Waals surface area contributed by atoms with E-state index < -0.39 is 11.8 Å². The van der Waals surface area contributed by atoms with Gasteiger partial charge in [-0.1, -0.05) is 26.8 Å². The van der Waals surface area contributed by atoms with Gasteiger partial charge in [-0.2, -0.15) is 0 Å². The Hall–Kier alpha value is -2.76. The molecule has 0 radical (unpaired) electrons. The first-order valence-corrected chi connectivity index (χ1v) is 8.62. The van der Waals surface area contributed by atoms with Crippen molar-refractivity contribution in [1.29, 1.82) is 0 Å². The van der Waals surface area contributed by atoms with Crippen molar-refractivity contribution in [2.45, 2.75) is 33.7 Å². The predicted octanol–water partition coefficient (Wildman–Crippen LogP) is 4.76. The van der Waals surface area contributed by atoms with Crippen LogP contribution in [0.5, 0.6) is 17.2 Å². The van der Waals surface area contributed by atoms with E-state index in [1.165, 1.54) is 14.2 Å². The van der Waals surface area contributed by atoms with Crippen LogP contribution in [0.3, 0.4) is 0 Å². The summed E-state index contributed by atoms with van der Waals surface area (Å²) in [5, 5.41) is 0. The zero-order valence-electron chi connectivity index (χ0n) is 16.1. The molecule has 5 nitrogen and oxygen atoms in total. The van der Waals surface area contributed by atoms with Crippen molar-refractivity contribution in [3.05, 3.63) is 41.5 Å². The lowest BCUT2D eigenvalue weighted by Gasteiger charge is -2.26. The van der Waals surface area contributed by atoms with Gasteiger partial charge >= 0.3 is 5.97 Å². The number of benzene rings is 2. The van der Waals surface area contributed by atoms with E-state index in [-0.39, 0.29) is 18.3 Å². The second kappa shape index (κ2) is 7.10. The van der Waals surface area contributed by atoms with Gasteiger partial charge in [-0.25, -0.2) is 9.18 Å². The third kappa shape index (κ3) is 3.56. The van der Waals surface area contributed by atoms with Crippen molar-refractivity contribution in [1.82, 2.24) is 0 Å². The number of rotatable bonds is 5. The van der Waals surface area contributed by atoms with Gasteiger partial charge in [-0.15, -0.1) is 0 Å². The zero-order valence-corrected chi connectivity index (χ0v) is 16.1. The molecule has 1 aliphatic rings. The highest BCUT2D eigenvalue weighted by molar-refractivity contribution is 5.94. The maximum atomic E-state index is 14.7. The molecule has 0 saturated carbocycles. The molecule has 3 rings (SSSR count). The fourth-order valence-electron chi connectivity index (χ4n) is 2.82. The topological polar surface area (TPSA) is 54.0 Å². The fraction of sp³-hybridized carbons (Fsp3) is 0.381. The van der Waals surface area contributed by atoms with Crippen LogP contribution in [0.2, 0.25) is 0 Å². The molecule has 1 heterocycles. The predicted molar refractivity (Wildman–Crippen MR) is 99.1 cm³/mol. The van der Waals surface area contributed by atoms with E-state index in [1.54, 1.807) is 45.0 Å². The third-order valence-electron chi connectivity index (χ3n) is 4.40. The molecule has 1 atom stereocenters. The van der Waals surface area contributed by atoms with Gasteiger partial charge in [0.25, 0.3) is 0 Å². The van der Waals surface area contributed by atoms with Crippen LogP contribution in [0.25, 0.3) is 11.1 Å². The van der Waals surface area contributed by atoms with Gasteiger partial charge in [0.15, 0.2) is 11.5 Å². The Kier molecular flexibility index (Phi) is 5.00. The van der Waals surface area contributed by atoms with Crippen LogP contribution < -0.4 is 14.2 Å². The highest BCUT2D eigenvalue weighted by Crippen LogP contribution is 2.46. The molecule has 6 heteroatoms. The Bertz CT molecular complexity index is 870. The maximum Gasteiger partial charge on any atom is 0.338 e. The first-order valence-electron chi connectivity index (χ1n) is 8.62. The summed E-state index contributed by atoms with van der Waals surface area (Å²) in [6, 6.07) is 8.85. The van der Waals surface area contributed by atoms with Gasteiger partial charge in [0.1, 0.15) is 6.61 Å². The summed E-state index contributed by atoms with van der Waals surface area (Å²) in [4.78, 5) is 11.7. The number of carbonyl (C=O) groups is 1. The number of fused-ring (bicyclic) bond motifs is 1. The summed E-state index contributed by atoms with van der Waals surface area (Å²) in [6.45, 7) is 5.48. The number of cyclic esters (lactones) is 1. The summed E-state index contributed by atoms with van der Waals surface area (Å²) in [6.07, 6.45) is -1.56. The van der Waals surface area contributed by atoms with Crippen LogP contribution >= 0.6 is 0 Å². The molecule has 0 aromatic heterocycles. The summed E-state index contributed by atoms with van der Waals surface area (Å²) < 4.78 is 36.3. The molecule has 0 saturated heterocycles. The van der Waals surface area contributed by atoms with E-state index in [4.69, 9.17) is 18.9 Å². The fourth-order valence-corrected chi connectivity index (χ4v) is 2.82. The average Bonchev–Trinajstić information content (AvgIpc) is 3.00. The highest BCUT2D eigenvalue weighted by atomic mass is 19.1. The van der Waals surface area contributed by atoms with Gasteiger partial charge in [0.2, 0.25) is 12.1 Å². The molecular formula is C21H23FO5. The molecule has 0 fully saturated rings. The minimum Gasteiger partial charge on any atom is -0.493 e. The Labute approximate surface area is 158 Å². The molecule has 2 aromatic rings. The molecular weight excluding hydrogens is 351 g/mol. The lowest BCUT2D eigenvalue weighted by Crippen LogP contribution is -2.27. The van der Waals surface area contributed by atoms with Crippen LogP contribution in [0.4, 0.5) is 4.39 Å². The van der Waals surface area contributed by atoms with Crippen molar-refractivity contribution in [2.75, 3.05) is 14.2 Å². The molecule has 0 amide bonds. The number of esters is 1. The molecule has 0 N–H and O–H groups in total. The SMILES string of the molecule is COc1ccc(-c2ccc3c(c2)COC3=O)c(OC(F)C(C)(C)C)c1OC. The molecule has 27 heavy (non-hydrogen) atoms. The lowest BCUT2D eigenvalue weighted by molar-refractivity contribution is -0.0259. The standard InChI is InChI=1S/C21H23FO5/c1-21(2,3)20(22)27-17-14(8-9-16(24-4)18(17)25-5)12-6-7-15-13(10-12)11-26-19(15)23/h6-10,20H,11H2,1-5H3. The number of hydrogen-bond acceptors (Lipinski definition) is 5. The van der Waals surface area contributed by atoms with Crippen LogP contribution in [0.1, 0.15) is 36.7 Å². The van der Waals surface area contributed by atoms with Crippen molar-refractivity contribution in [2.24, 2.45) is 5.41 Å². The van der Waals surface area contributed by atoms with Crippen LogP contribution in [0, 0.1) is 5.41 Å². The summed E-state index contributed by atoms with van der Waals surface area (Å²) >= 11 is 0. The van der Waals surface area contributed by atoms with E-state index in [0.717, 1.165) is 11.1 Å². The molecule has 1 unspecified atom stereocenters. The number of ether oxygens (including phenoxy) is 4. The third-order valence-corrected chi connectivity index (χ3v) is 4.40. The average molecular weight is 374 g/mol. The van der Waals surface area contributed by atoms with Gasteiger partial charge < -0.3 is 18.9 Å². The van der Waals surface area contributed by atoms with Crippen LogP contribution in [0.15, 0.2) is 30.3 Å². The number of alkyl halides is 1. The Morgan fingerprint density at radius 2 is 1.74 bits per heavy atom. The second-order valence-electron chi connectivity index (χ2n) is 7.43. The van der Waals surface area contributed by atoms with Crippen LogP contribution in [-0.4, -0.2) is 26.5 Å². The van der Waals surface area contributed by atoms with Crippen molar-refractivity contribution < 1.29 is 28.1 Å². The summed E-state index contributed by atoms with van der Waals surface area (Å²) in [5.74, 6) is 0.674. The first-order chi connectivity index (χ1) is 12.8. The number of hydrogen-bond donors (Lipinski definition) is 0. The first kappa shape index (κ1) is 19.0.